The molecule has 130 valence electrons. The van der Waals surface area contributed by atoms with E-state index in [1.807, 2.05) is 36.4 Å². The Kier molecular flexibility index (Phi) is 8.83. The lowest BCUT2D eigenvalue weighted by molar-refractivity contribution is -0.120. The van der Waals surface area contributed by atoms with Crippen LogP contribution in [0, 0.1) is 0 Å². The van der Waals surface area contributed by atoms with Crippen LogP contribution in [0.4, 0.5) is 0 Å². The number of nitrogens with two attached hydrogens (primary N) is 1. The molecular weight excluding hydrogens is 326 g/mol. The van der Waals surface area contributed by atoms with Crippen molar-refractivity contribution in [1.29, 1.82) is 0 Å². The van der Waals surface area contributed by atoms with Crippen LogP contribution >= 0.6 is 12.4 Å². The average Bonchev–Trinajstić information content (AvgIpc) is 2.58. The zero-order chi connectivity index (χ0) is 16.5. The highest BCUT2D eigenvalue weighted by Gasteiger charge is 2.07. The van der Waals surface area contributed by atoms with Crippen LogP contribution in [-0.2, 0) is 4.79 Å². The summed E-state index contributed by atoms with van der Waals surface area (Å²) in [6.07, 6.45) is 2.06. The Morgan fingerprint density at radius 2 is 1.67 bits per heavy atom. The molecule has 2 aromatic rings. The normalized spacial score (nSPS) is 10.0. The molecule has 5 nitrogen and oxygen atoms in total. The van der Waals surface area contributed by atoms with Gasteiger partial charge < -0.3 is 16.4 Å². The second kappa shape index (κ2) is 10.6. The Labute approximate surface area is 148 Å². The Hall–Kier alpha value is -2.11. The summed E-state index contributed by atoms with van der Waals surface area (Å²) in [5.41, 5.74) is 5.99. The second-order valence-electron chi connectivity index (χ2n) is 5.41. The molecule has 2 amide bonds. The van der Waals surface area contributed by atoms with E-state index in [0.717, 1.165) is 23.6 Å². The third-order valence-corrected chi connectivity index (χ3v) is 3.60. The first-order chi connectivity index (χ1) is 11.2. The number of hydrogen-bond acceptors (Lipinski definition) is 3. The highest BCUT2D eigenvalue weighted by molar-refractivity contribution is 5.98. The average molecular weight is 350 g/mol. The van der Waals surface area contributed by atoms with Gasteiger partial charge in [0.1, 0.15) is 0 Å². The molecule has 0 bridgehead atoms. The SMILES string of the molecule is Cl.NCCCCNC(=O)CCNC(=O)c1ccc2ccccc2c1. The number of rotatable bonds is 8. The van der Waals surface area contributed by atoms with Gasteiger partial charge in [-0.05, 0) is 42.3 Å². The van der Waals surface area contributed by atoms with Gasteiger partial charge in [0.25, 0.3) is 5.91 Å². The van der Waals surface area contributed by atoms with Crippen molar-refractivity contribution in [1.82, 2.24) is 10.6 Å². The van der Waals surface area contributed by atoms with E-state index in [-0.39, 0.29) is 30.6 Å². The molecule has 0 atom stereocenters. The fourth-order valence-corrected chi connectivity index (χ4v) is 2.31. The molecule has 0 radical (unpaired) electrons. The summed E-state index contributed by atoms with van der Waals surface area (Å²) >= 11 is 0. The number of unbranched alkanes of at least 4 members (excludes halogenated alkanes) is 1. The lowest BCUT2D eigenvalue weighted by Crippen LogP contribution is -2.31. The van der Waals surface area contributed by atoms with Crippen LogP contribution in [0.25, 0.3) is 10.8 Å². The summed E-state index contributed by atoms with van der Waals surface area (Å²) in [6, 6.07) is 13.5. The third-order valence-electron chi connectivity index (χ3n) is 3.60. The van der Waals surface area contributed by atoms with Crippen LogP contribution in [-0.4, -0.2) is 31.4 Å². The van der Waals surface area contributed by atoms with E-state index in [9.17, 15) is 9.59 Å². The number of nitrogens with one attached hydrogen (secondary N) is 2. The van der Waals surface area contributed by atoms with E-state index in [4.69, 9.17) is 5.73 Å². The Morgan fingerprint density at radius 3 is 2.42 bits per heavy atom. The maximum Gasteiger partial charge on any atom is 0.251 e. The zero-order valence-corrected chi connectivity index (χ0v) is 14.4. The molecule has 0 heterocycles. The van der Waals surface area contributed by atoms with Crippen LogP contribution < -0.4 is 16.4 Å². The number of halogens is 1. The fourth-order valence-electron chi connectivity index (χ4n) is 2.31. The summed E-state index contributed by atoms with van der Waals surface area (Å²) in [5, 5.41) is 7.71. The topological polar surface area (TPSA) is 84.2 Å². The Bertz CT molecular complexity index is 676. The predicted octanol–water partition coefficient (Wildman–Crippen LogP) is 2.24. The van der Waals surface area contributed by atoms with E-state index < -0.39 is 0 Å². The minimum absolute atomic E-state index is 0. The maximum atomic E-state index is 12.1. The molecule has 0 aliphatic heterocycles. The first-order valence-electron chi connectivity index (χ1n) is 7.94. The number of carbonyl (C=O) groups is 2. The molecule has 0 saturated carbocycles. The summed E-state index contributed by atoms with van der Waals surface area (Å²) in [6.45, 7) is 1.60. The second-order valence-corrected chi connectivity index (χ2v) is 5.41. The van der Waals surface area contributed by atoms with Gasteiger partial charge >= 0.3 is 0 Å². The molecule has 2 rings (SSSR count). The van der Waals surface area contributed by atoms with Gasteiger partial charge in [-0.25, -0.2) is 0 Å². The number of benzene rings is 2. The minimum atomic E-state index is -0.160. The summed E-state index contributed by atoms with van der Waals surface area (Å²) < 4.78 is 0. The largest absolute Gasteiger partial charge is 0.356 e. The Morgan fingerprint density at radius 1 is 0.917 bits per heavy atom. The van der Waals surface area contributed by atoms with Gasteiger partial charge in [-0.2, -0.15) is 0 Å². The predicted molar refractivity (Wildman–Crippen MR) is 99.4 cm³/mol. The van der Waals surface area contributed by atoms with E-state index in [1.165, 1.54) is 0 Å². The van der Waals surface area contributed by atoms with Crippen LogP contribution in [0.3, 0.4) is 0 Å². The van der Waals surface area contributed by atoms with E-state index in [2.05, 4.69) is 10.6 Å². The van der Waals surface area contributed by atoms with Gasteiger partial charge in [0.05, 0.1) is 0 Å². The molecule has 0 unspecified atom stereocenters. The van der Waals surface area contributed by atoms with Crippen molar-refractivity contribution >= 4 is 35.0 Å². The standard InChI is InChI=1S/C18H23N3O2.ClH/c19-10-3-4-11-20-17(22)9-12-21-18(23)16-8-7-14-5-1-2-6-15(14)13-16;/h1-2,5-8,13H,3-4,9-12,19H2,(H,20,22)(H,21,23);1H. The van der Waals surface area contributed by atoms with Crippen molar-refractivity contribution in [3.8, 4) is 0 Å². The van der Waals surface area contributed by atoms with Gasteiger partial charge in [-0.15, -0.1) is 12.4 Å². The fraction of sp³-hybridized carbons (Fsp3) is 0.333. The number of carbonyl (C=O) groups excluding carboxylic acids is 2. The highest BCUT2D eigenvalue weighted by Crippen LogP contribution is 2.15. The third kappa shape index (κ3) is 6.18. The van der Waals surface area contributed by atoms with Crippen molar-refractivity contribution in [2.45, 2.75) is 19.3 Å². The van der Waals surface area contributed by atoms with Crippen LogP contribution in [0.5, 0.6) is 0 Å². The first kappa shape index (κ1) is 19.9. The lowest BCUT2D eigenvalue weighted by atomic mass is 10.1. The lowest BCUT2D eigenvalue weighted by Gasteiger charge is -2.07. The van der Waals surface area contributed by atoms with Gasteiger partial charge in [0.2, 0.25) is 5.91 Å². The molecule has 0 saturated heterocycles. The number of hydrogen-bond donors (Lipinski definition) is 3. The molecule has 0 spiro atoms. The van der Waals surface area contributed by atoms with Gasteiger partial charge in [0, 0.05) is 25.1 Å². The molecule has 24 heavy (non-hydrogen) atoms. The molecule has 0 aliphatic carbocycles. The smallest absolute Gasteiger partial charge is 0.251 e. The van der Waals surface area contributed by atoms with E-state index in [1.54, 1.807) is 6.07 Å². The number of fused-ring (bicyclic) bond motifs is 1. The van der Waals surface area contributed by atoms with Gasteiger partial charge in [-0.3, -0.25) is 9.59 Å². The zero-order valence-electron chi connectivity index (χ0n) is 13.6. The molecule has 6 heteroatoms. The van der Waals surface area contributed by atoms with E-state index in [0.29, 0.717) is 25.2 Å². The maximum absolute atomic E-state index is 12.1. The van der Waals surface area contributed by atoms with E-state index >= 15 is 0 Å². The number of amides is 2. The minimum Gasteiger partial charge on any atom is -0.356 e. The summed E-state index contributed by atoms with van der Waals surface area (Å²) in [4.78, 5) is 23.7. The molecule has 2 aromatic carbocycles. The summed E-state index contributed by atoms with van der Waals surface area (Å²) in [7, 11) is 0. The first-order valence-corrected chi connectivity index (χ1v) is 7.94. The summed E-state index contributed by atoms with van der Waals surface area (Å²) in [5.74, 6) is -0.215. The van der Waals surface area contributed by atoms with Crippen LogP contribution in [0.1, 0.15) is 29.6 Å². The Balaban J connectivity index is 0.00000288. The van der Waals surface area contributed by atoms with Gasteiger partial charge in [0.15, 0.2) is 0 Å². The van der Waals surface area contributed by atoms with Crippen molar-refractivity contribution in [2.75, 3.05) is 19.6 Å². The monoisotopic (exact) mass is 349 g/mol. The molecule has 0 fully saturated rings. The van der Waals surface area contributed by atoms with Crippen LogP contribution in [0.2, 0.25) is 0 Å². The van der Waals surface area contributed by atoms with Crippen molar-refractivity contribution in [3.63, 3.8) is 0 Å². The van der Waals surface area contributed by atoms with Crippen molar-refractivity contribution < 1.29 is 9.59 Å². The van der Waals surface area contributed by atoms with Crippen molar-refractivity contribution in [2.24, 2.45) is 5.73 Å². The molecule has 0 aromatic heterocycles. The van der Waals surface area contributed by atoms with Gasteiger partial charge in [-0.1, -0.05) is 30.3 Å². The molecule has 4 N–H and O–H groups in total. The quantitative estimate of drug-likeness (QED) is 0.639. The molecule has 0 aliphatic rings. The van der Waals surface area contributed by atoms with Crippen LogP contribution in [0.15, 0.2) is 42.5 Å². The molecular formula is C18H24ClN3O2. The highest BCUT2D eigenvalue weighted by atomic mass is 35.5. The van der Waals surface area contributed by atoms with Crippen molar-refractivity contribution in [3.05, 3.63) is 48.0 Å².